The van der Waals surface area contributed by atoms with E-state index in [9.17, 15) is 4.79 Å². The van der Waals surface area contributed by atoms with Gasteiger partial charge in [-0.25, -0.2) is 0 Å². The van der Waals surface area contributed by atoms with Crippen molar-refractivity contribution in [2.75, 3.05) is 7.05 Å². The monoisotopic (exact) mass is 342 g/mol. The van der Waals surface area contributed by atoms with E-state index in [1.807, 2.05) is 19.1 Å². The summed E-state index contributed by atoms with van der Waals surface area (Å²) in [5.41, 5.74) is 1.39. The van der Waals surface area contributed by atoms with Crippen LogP contribution in [0.25, 0.3) is 0 Å². The van der Waals surface area contributed by atoms with Gasteiger partial charge in [0, 0.05) is 12.1 Å². The summed E-state index contributed by atoms with van der Waals surface area (Å²) < 4.78 is 5.69. The fraction of sp³-hybridized carbons (Fsp3) is 0.263. The molecule has 0 saturated heterocycles. The van der Waals surface area contributed by atoms with Crippen LogP contribution in [0.2, 0.25) is 5.02 Å². The van der Waals surface area contributed by atoms with E-state index in [0.717, 1.165) is 5.56 Å². The maximum atomic E-state index is 12.6. The number of ether oxygens (including phenoxy) is 1. The molecule has 0 bridgehead atoms. The Kier molecular flexibility index (Phi) is 5.83. The maximum Gasteiger partial charge on any atom is 0.263 e. The highest BCUT2D eigenvalue weighted by Crippen LogP contribution is 2.23. The van der Waals surface area contributed by atoms with Crippen molar-refractivity contribution >= 4 is 17.5 Å². The van der Waals surface area contributed by atoms with Crippen LogP contribution in [-0.2, 0) is 4.79 Å². The summed E-state index contributed by atoms with van der Waals surface area (Å²) in [4.78, 5) is 14.2. The number of carbonyl (C=O) groups excluding carboxylic acids is 1. The van der Waals surface area contributed by atoms with Gasteiger partial charge in [-0.3, -0.25) is 4.79 Å². The average Bonchev–Trinajstić information content (AvgIpc) is 2.60. The van der Waals surface area contributed by atoms with Crippen molar-refractivity contribution in [3.05, 3.63) is 64.7 Å². The van der Waals surface area contributed by atoms with Gasteiger partial charge in [-0.1, -0.05) is 35.9 Å². The largest absolute Gasteiger partial charge is 0.480 e. The molecule has 2 rings (SSSR count). The minimum atomic E-state index is -0.695. The van der Waals surface area contributed by atoms with Gasteiger partial charge in [-0.15, -0.1) is 0 Å². The van der Waals surface area contributed by atoms with Crippen molar-refractivity contribution in [2.24, 2.45) is 0 Å². The molecule has 1 amide bonds. The molecule has 0 aliphatic rings. The zero-order valence-corrected chi connectivity index (χ0v) is 14.6. The van der Waals surface area contributed by atoms with E-state index in [0.29, 0.717) is 16.3 Å². The molecule has 0 N–H and O–H groups in total. The Balaban J connectivity index is 2.09. The highest BCUT2D eigenvalue weighted by atomic mass is 35.5. The van der Waals surface area contributed by atoms with Crippen LogP contribution in [0, 0.1) is 11.3 Å². The van der Waals surface area contributed by atoms with Gasteiger partial charge in [0.15, 0.2) is 6.10 Å². The Bertz CT molecular complexity index is 753. The number of benzene rings is 2. The zero-order valence-electron chi connectivity index (χ0n) is 13.9. The first-order valence-electron chi connectivity index (χ1n) is 7.62. The van der Waals surface area contributed by atoms with E-state index in [-0.39, 0.29) is 11.9 Å². The molecule has 0 fully saturated rings. The Labute approximate surface area is 147 Å². The number of halogens is 1. The molecule has 2 atom stereocenters. The van der Waals surface area contributed by atoms with Gasteiger partial charge >= 0.3 is 0 Å². The number of hydrogen-bond donors (Lipinski definition) is 0. The first-order valence-corrected chi connectivity index (χ1v) is 7.99. The molecule has 0 aliphatic heterocycles. The molecule has 5 heteroatoms. The molecule has 0 aromatic heterocycles. The van der Waals surface area contributed by atoms with Gasteiger partial charge in [0.25, 0.3) is 5.91 Å². The molecule has 24 heavy (non-hydrogen) atoms. The van der Waals surface area contributed by atoms with E-state index in [4.69, 9.17) is 21.6 Å². The Hall–Kier alpha value is -2.51. The lowest BCUT2D eigenvalue weighted by Gasteiger charge is -2.28. The van der Waals surface area contributed by atoms with Crippen LogP contribution in [0.15, 0.2) is 48.5 Å². The highest BCUT2D eigenvalue weighted by molar-refractivity contribution is 6.30. The molecule has 2 aromatic carbocycles. The number of rotatable bonds is 5. The minimum absolute atomic E-state index is 0.118. The summed E-state index contributed by atoms with van der Waals surface area (Å²) in [5.74, 6) is 0.249. The normalized spacial score (nSPS) is 12.8. The van der Waals surface area contributed by atoms with Crippen molar-refractivity contribution in [3.8, 4) is 11.8 Å². The van der Waals surface area contributed by atoms with Gasteiger partial charge in [0.1, 0.15) is 11.8 Å². The van der Waals surface area contributed by atoms with Gasteiger partial charge in [-0.2, -0.15) is 5.26 Å². The van der Waals surface area contributed by atoms with E-state index < -0.39 is 6.10 Å². The van der Waals surface area contributed by atoms with E-state index in [2.05, 4.69) is 6.07 Å². The van der Waals surface area contributed by atoms with Gasteiger partial charge in [0.05, 0.1) is 11.6 Å². The number of hydrogen-bond acceptors (Lipinski definition) is 3. The molecule has 0 spiro atoms. The summed E-state index contributed by atoms with van der Waals surface area (Å²) in [6, 6.07) is 16.2. The SMILES string of the molecule is CC(Oc1ccccc1C#N)C(=O)N(C)C(C)c1ccc(Cl)cc1. The highest BCUT2D eigenvalue weighted by Gasteiger charge is 2.24. The van der Waals surface area contributed by atoms with Crippen molar-refractivity contribution in [1.29, 1.82) is 5.26 Å². The molecule has 2 unspecified atom stereocenters. The summed E-state index contributed by atoms with van der Waals surface area (Å²) in [6.45, 7) is 3.62. The lowest BCUT2D eigenvalue weighted by Crippen LogP contribution is -2.39. The number of amides is 1. The van der Waals surface area contributed by atoms with E-state index in [1.165, 1.54) is 0 Å². The third-order valence-corrected chi connectivity index (χ3v) is 4.19. The quantitative estimate of drug-likeness (QED) is 0.818. The molecular formula is C19H19ClN2O2. The van der Waals surface area contributed by atoms with Crippen LogP contribution in [0.5, 0.6) is 5.75 Å². The molecule has 4 nitrogen and oxygen atoms in total. The molecule has 0 radical (unpaired) electrons. The minimum Gasteiger partial charge on any atom is -0.480 e. The van der Waals surface area contributed by atoms with Crippen LogP contribution in [0.1, 0.15) is 31.0 Å². The molecule has 0 aliphatic carbocycles. The number of nitrogens with zero attached hydrogens (tertiary/aromatic N) is 2. The number of likely N-dealkylation sites (N-methyl/N-ethyl adjacent to an activating group) is 1. The Morgan fingerprint density at radius 1 is 1.17 bits per heavy atom. The second-order valence-corrected chi connectivity index (χ2v) is 5.98. The first kappa shape index (κ1) is 17.8. The summed E-state index contributed by atoms with van der Waals surface area (Å²) >= 11 is 5.90. The summed E-state index contributed by atoms with van der Waals surface area (Å²) in [5, 5.41) is 9.76. The van der Waals surface area contributed by atoms with Crippen LogP contribution in [-0.4, -0.2) is 24.0 Å². The van der Waals surface area contributed by atoms with Crippen LogP contribution in [0.3, 0.4) is 0 Å². The third-order valence-electron chi connectivity index (χ3n) is 3.94. The topological polar surface area (TPSA) is 53.3 Å². The van der Waals surface area contributed by atoms with Crippen LogP contribution < -0.4 is 4.74 Å². The van der Waals surface area contributed by atoms with Crippen molar-refractivity contribution in [3.63, 3.8) is 0 Å². The number of carbonyl (C=O) groups is 1. The first-order chi connectivity index (χ1) is 11.4. The molecule has 124 valence electrons. The van der Waals surface area contributed by atoms with Crippen molar-refractivity contribution in [1.82, 2.24) is 4.90 Å². The standard InChI is InChI=1S/C19H19ClN2O2/c1-13(15-8-10-17(20)11-9-15)22(3)19(23)14(2)24-18-7-5-4-6-16(18)12-21/h4-11,13-14H,1-3H3. The van der Waals surface area contributed by atoms with Crippen LogP contribution >= 0.6 is 11.6 Å². The van der Waals surface area contributed by atoms with Crippen molar-refractivity contribution < 1.29 is 9.53 Å². The van der Waals surface area contributed by atoms with Gasteiger partial charge in [0.2, 0.25) is 0 Å². The summed E-state index contributed by atoms with van der Waals surface area (Å²) in [6.07, 6.45) is -0.695. The molecule has 0 saturated carbocycles. The van der Waals surface area contributed by atoms with E-state index in [1.54, 1.807) is 55.3 Å². The second-order valence-electron chi connectivity index (χ2n) is 5.54. The van der Waals surface area contributed by atoms with Gasteiger partial charge < -0.3 is 9.64 Å². The van der Waals surface area contributed by atoms with E-state index >= 15 is 0 Å². The lowest BCUT2D eigenvalue weighted by atomic mass is 10.1. The molecular weight excluding hydrogens is 324 g/mol. The summed E-state index contributed by atoms with van der Waals surface area (Å²) in [7, 11) is 1.73. The molecule has 2 aromatic rings. The fourth-order valence-electron chi connectivity index (χ4n) is 2.35. The smallest absolute Gasteiger partial charge is 0.263 e. The number of nitriles is 1. The van der Waals surface area contributed by atoms with Crippen molar-refractivity contribution in [2.45, 2.75) is 26.0 Å². The Morgan fingerprint density at radius 2 is 1.79 bits per heavy atom. The maximum absolute atomic E-state index is 12.6. The lowest BCUT2D eigenvalue weighted by molar-refractivity contribution is -0.138. The molecule has 0 heterocycles. The predicted octanol–water partition coefficient (Wildman–Crippen LogP) is 4.20. The van der Waals surface area contributed by atoms with Crippen LogP contribution in [0.4, 0.5) is 0 Å². The average molecular weight is 343 g/mol. The second kappa shape index (κ2) is 7.85. The zero-order chi connectivity index (χ0) is 17.7. The predicted molar refractivity (Wildman–Crippen MR) is 93.9 cm³/mol. The number of para-hydroxylation sites is 1. The fourth-order valence-corrected chi connectivity index (χ4v) is 2.47. The van der Waals surface area contributed by atoms with Gasteiger partial charge in [-0.05, 0) is 43.7 Å². The Morgan fingerprint density at radius 3 is 2.42 bits per heavy atom. The third kappa shape index (κ3) is 4.06.